The zero-order valence-corrected chi connectivity index (χ0v) is 12.8. The molecule has 1 heterocycles. The van der Waals surface area contributed by atoms with Crippen molar-refractivity contribution in [2.24, 2.45) is 5.92 Å². The normalized spacial score (nSPS) is 20.0. The number of nitro benzene ring substituents is 1. The average Bonchev–Trinajstić information content (AvgIpc) is 2.87. The Labute approximate surface area is 123 Å². The van der Waals surface area contributed by atoms with Crippen LogP contribution in [0.15, 0.2) is 23.1 Å². The van der Waals surface area contributed by atoms with E-state index in [0.717, 1.165) is 12.8 Å². The van der Waals surface area contributed by atoms with Gasteiger partial charge in [0.15, 0.2) is 4.90 Å². The van der Waals surface area contributed by atoms with Crippen molar-refractivity contribution in [3.05, 3.63) is 28.3 Å². The molecule has 7 nitrogen and oxygen atoms in total. The second-order valence-corrected chi connectivity index (χ2v) is 7.38. The van der Waals surface area contributed by atoms with Gasteiger partial charge in [-0.3, -0.25) is 10.1 Å². The third kappa shape index (κ3) is 2.73. The maximum atomic E-state index is 12.8. The quantitative estimate of drug-likeness (QED) is 0.519. The fraction of sp³-hybridized carbons (Fsp3) is 0.538. The molecule has 1 atom stereocenters. The van der Waals surface area contributed by atoms with Crippen LogP contribution in [0.4, 0.5) is 11.4 Å². The molecule has 2 N–H and O–H groups in total. The number of nitrogens with zero attached hydrogens (tertiary/aromatic N) is 2. The predicted molar refractivity (Wildman–Crippen MR) is 79.3 cm³/mol. The number of nitro groups is 1. The van der Waals surface area contributed by atoms with E-state index in [-0.39, 0.29) is 22.5 Å². The van der Waals surface area contributed by atoms with Crippen LogP contribution in [-0.4, -0.2) is 30.2 Å². The molecule has 1 aliphatic heterocycles. The molecule has 0 bridgehead atoms. The molecule has 116 valence electrons. The van der Waals surface area contributed by atoms with Gasteiger partial charge in [0.05, 0.1) is 4.92 Å². The second-order valence-electron chi connectivity index (χ2n) is 5.52. The Kier molecular flexibility index (Phi) is 4.20. The minimum absolute atomic E-state index is 0.129. The summed E-state index contributed by atoms with van der Waals surface area (Å²) in [5, 5.41) is 11.2. The van der Waals surface area contributed by atoms with E-state index in [1.807, 2.05) is 13.8 Å². The first-order chi connectivity index (χ1) is 9.76. The van der Waals surface area contributed by atoms with Gasteiger partial charge in [-0.1, -0.05) is 19.9 Å². The maximum Gasteiger partial charge on any atom is 0.312 e. The predicted octanol–water partition coefficient (Wildman–Crippen LogP) is 1.99. The third-order valence-electron chi connectivity index (χ3n) is 3.82. The van der Waals surface area contributed by atoms with Crippen LogP contribution in [0.2, 0.25) is 0 Å². The van der Waals surface area contributed by atoms with Crippen LogP contribution in [-0.2, 0) is 10.0 Å². The second kappa shape index (κ2) is 5.61. The van der Waals surface area contributed by atoms with Crippen LogP contribution in [0.5, 0.6) is 0 Å². The molecular weight excluding hydrogens is 294 g/mol. The Morgan fingerprint density at radius 2 is 2.10 bits per heavy atom. The van der Waals surface area contributed by atoms with Crippen LogP contribution in [0.3, 0.4) is 0 Å². The Morgan fingerprint density at radius 3 is 2.67 bits per heavy atom. The van der Waals surface area contributed by atoms with Crippen LogP contribution < -0.4 is 5.73 Å². The van der Waals surface area contributed by atoms with Gasteiger partial charge < -0.3 is 5.73 Å². The summed E-state index contributed by atoms with van der Waals surface area (Å²) in [6.07, 6.45) is 1.53. The third-order valence-corrected chi connectivity index (χ3v) is 5.77. The Morgan fingerprint density at radius 1 is 1.43 bits per heavy atom. The minimum atomic E-state index is -3.92. The van der Waals surface area contributed by atoms with E-state index in [1.165, 1.54) is 22.5 Å². The molecule has 1 aliphatic rings. The van der Waals surface area contributed by atoms with Crippen LogP contribution in [0.25, 0.3) is 0 Å². The first-order valence-electron chi connectivity index (χ1n) is 6.81. The van der Waals surface area contributed by atoms with Gasteiger partial charge in [-0.05, 0) is 30.9 Å². The van der Waals surface area contributed by atoms with Crippen molar-refractivity contribution in [1.82, 2.24) is 4.31 Å². The van der Waals surface area contributed by atoms with E-state index in [1.54, 1.807) is 0 Å². The number of para-hydroxylation sites is 1. The summed E-state index contributed by atoms with van der Waals surface area (Å²) in [4.78, 5) is 10.1. The van der Waals surface area contributed by atoms with Gasteiger partial charge in [-0.25, -0.2) is 8.42 Å². The molecule has 21 heavy (non-hydrogen) atoms. The highest BCUT2D eigenvalue weighted by Gasteiger charge is 2.40. The SMILES string of the molecule is CC(C)C1CCCN1S(=O)(=O)c1cccc(N)c1[N+](=O)[O-]. The number of hydrogen-bond acceptors (Lipinski definition) is 5. The van der Waals surface area contributed by atoms with E-state index in [0.29, 0.717) is 6.54 Å². The highest BCUT2D eigenvalue weighted by atomic mass is 32.2. The molecular formula is C13H19N3O4S. The molecule has 1 saturated heterocycles. The highest BCUT2D eigenvalue weighted by molar-refractivity contribution is 7.89. The summed E-state index contributed by atoms with van der Waals surface area (Å²) in [5.74, 6) is 0.155. The van der Waals surface area contributed by atoms with Gasteiger partial charge in [-0.2, -0.15) is 4.31 Å². The first kappa shape index (κ1) is 15.7. The van der Waals surface area contributed by atoms with Crippen molar-refractivity contribution in [1.29, 1.82) is 0 Å². The van der Waals surface area contributed by atoms with E-state index in [4.69, 9.17) is 5.73 Å². The van der Waals surface area contributed by atoms with Gasteiger partial charge in [-0.15, -0.1) is 0 Å². The lowest BCUT2D eigenvalue weighted by molar-refractivity contribution is -0.386. The lowest BCUT2D eigenvalue weighted by atomic mass is 10.0. The molecule has 0 radical (unpaired) electrons. The van der Waals surface area contributed by atoms with E-state index < -0.39 is 20.6 Å². The molecule has 1 unspecified atom stereocenters. The van der Waals surface area contributed by atoms with E-state index >= 15 is 0 Å². The molecule has 1 fully saturated rings. The zero-order chi connectivity index (χ0) is 15.8. The number of nitrogen functional groups attached to an aromatic ring is 1. The number of hydrogen-bond donors (Lipinski definition) is 1. The van der Waals surface area contributed by atoms with Crippen molar-refractivity contribution in [2.75, 3.05) is 12.3 Å². The lowest BCUT2D eigenvalue weighted by Gasteiger charge is -2.26. The number of nitrogens with two attached hydrogens (primary N) is 1. The highest BCUT2D eigenvalue weighted by Crippen LogP contribution is 2.36. The maximum absolute atomic E-state index is 12.8. The van der Waals surface area contributed by atoms with Crippen molar-refractivity contribution >= 4 is 21.4 Å². The van der Waals surface area contributed by atoms with E-state index in [9.17, 15) is 18.5 Å². The van der Waals surface area contributed by atoms with Crippen molar-refractivity contribution in [2.45, 2.75) is 37.6 Å². The van der Waals surface area contributed by atoms with Gasteiger partial charge >= 0.3 is 5.69 Å². The molecule has 2 rings (SSSR count). The molecule has 1 aromatic carbocycles. The fourth-order valence-electron chi connectivity index (χ4n) is 2.80. The van der Waals surface area contributed by atoms with Crippen molar-refractivity contribution < 1.29 is 13.3 Å². The average molecular weight is 313 g/mol. The Bertz CT molecular complexity index is 657. The summed E-state index contributed by atoms with van der Waals surface area (Å²) in [6, 6.07) is 3.88. The largest absolute Gasteiger partial charge is 0.393 e. The molecule has 0 spiro atoms. The van der Waals surface area contributed by atoms with Crippen LogP contribution in [0.1, 0.15) is 26.7 Å². The van der Waals surface area contributed by atoms with E-state index in [2.05, 4.69) is 0 Å². The summed E-state index contributed by atoms with van der Waals surface area (Å²) in [5.41, 5.74) is 4.91. The number of rotatable bonds is 4. The molecule has 8 heteroatoms. The smallest absolute Gasteiger partial charge is 0.312 e. The topological polar surface area (TPSA) is 107 Å². The molecule has 1 aromatic rings. The number of sulfonamides is 1. The molecule has 0 saturated carbocycles. The fourth-order valence-corrected chi connectivity index (χ4v) is 4.81. The van der Waals surface area contributed by atoms with Crippen molar-refractivity contribution in [3.8, 4) is 0 Å². The zero-order valence-electron chi connectivity index (χ0n) is 12.0. The van der Waals surface area contributed by atoms with Crippen molar-refractivity contribution in [3.63, 3.8) is 0 Å². The summed E-state index contributed by atoms with van der Waals surface area (Å²) in [7, 11) is -3.92. The first-order valence-corrected chi connectivity index (χ1v) is 8.25. The summed E-state index contributed by atoms with van der Waals surface area (Å²) >= 11 is 0. The molecule has 0 aromatic heterocycles. The monoisotopic (exact) mass is 313 g/mol. The molecule has 0 aliphatic carbocycles. The minimum Gasteiger partial charge on any atom is -0.393 e. The van der Waals surface area contributed by atoms with Gasteiger partial charge in [0.25, 0.3) is 0 Å². The number of benzene rings is 1. The molecule has 0 amide bonds. The lowest BCUT2D eigenvalue weighted by Crippen LogP contribution is -2.38. The standard InChI is InChI=1S/C13H19N3O4S/c1-9(2)11-6-4-8-15(11)21(19,20)12-7-3-5-10(14)13(12)16(17)18/h3,5,7,9,11H,4,6,8,14H2,1-2H3. The Balaban J connectivity index is 2.55. The van der Waals surface area contributed by atoms with Crippen LogP contribution in [0, 0.1) is 16.0 Å². The number of anilines is 1. The van der Waals surface area contributed by atoms with Gasteiger partial charge in [0.1, 0.15) is 5.69 Å². The van der Waals surface area contributed by atoms with Crippen LogP contribution >= 0.6 is 0 Å². The summed E-state index contributed by atoms with van der Waals surface area (Å²) < 4.78 is 27.0. The van der Waals surface area contributed by atoms with Gasteiger partial charge in [0, 0.05) is 12.6 Å². The summed E-state index contributed by atoms with van der Waals surface area (Å²) in [6.45, 7) is 4.29. The van der Waals surface area contributed by atoms with Gasteiger partial charge in [0.2, 0.25) is 10.0 Å². The Hall–Kier alpha value is -1.67.